The number of rotatable bonds is 8. The number of nitrogens with one attached hydrogen (secondary N) is 1. The first-order valence-electron chi connectivity index (χ1n) is 6.75. The van der Waals surface area contributed by atoms with Crippen LogP contribution in [0.15, 0.2) is 24.3 Å². The summed E-state index contributed by atoms with van der Waals surface area (Å²) in [7, 11) is 0. The third kappa shape index (κ3) is 5.07. The first-order chi connectivity index (χ1) is 8.67. The van der Waals surface area contributed by atoms with Gasteiger partial charge in [0, 0.05) is 19.2 Å². The Hall–Kier alpha value is -1.06. The first kappa shape index (κ1) is 15.0. The number of hydrogen-bond acceptors (Lipinski definition) is 3. The average Bonchev–Trinajstić information content (AvgIpc) is 2.37. The van der Waals surface area contributed by atoms with Crippen molar-refractivity contribution in [2.24, 2.45) is 0 Å². The van der Waals surface area contributed by atoms with Gasteiger partial charge in [-0.3, -0.25) is 0 Å². The second-order valence-electron chi connectivity index (χ2n) is 4.40. The van der Waals surface area contributed by atoms with Gasteiger partial charge in [0.2, 0.25) is 0 Å². The van der Waals surface area contributed by atoms with Crippen LogP contribution in [0.2, 0.25) is 0 Å². The quantitative estimate of drug-likeness (QED) is 0.770. The molecule has 0 radical (unpaired) electrons. The van der Waals surface area contributed by atoms with E-state index in [0.717, 1.165) is 18.9 Å². The van der Waals surface area contributed by atoms with E-state index in [9.17, 15) is 0 Å². The summed E-state index contributed by atoms with van der Waals surface area (Å²) in [6.45, 7) is 10.6. The molecule has 0 aliphatic rings. The van der Waals surface area contributed by atoms with Crippen molar-refractivity contribution in [3.63, 3.8) is 0 Å². The third-order valence-electron chi connectivity index (χ3n) is 2.85. The van der Waals surface area contributed by atoms with E-state index in [4.69, 9.17) is 9.47 Å². The third-order valence-corrected chi connectivity index (χ3v) is 2.85. The van der Waals surface area contributed by atoms with Crippen molar-refractivity contribution in [2.75, 3.05) is 19.8 Å². The van der Waals surface area contributed by atoms with Crippen molar-refractivity contribution in [3.8, 4) is 5.75 Å². The van der Waals surface area contributed by atoms with Crippen LogP contribution in [0.4, 0.5) is 0 Å². The molecule has 0 saturated carbocycles. The summed E-state index contributed by atoms with van der Waals surface area (Å²) in [5.41, 5.74) is 1.27. The lowest BCUT2D eigenvalue weighted by Gasteiger charge is -2.18. The van der Waals surface area contributed by atoms with Crippen LogP contribution < -0.4 is 10.1 Å². The van der Waals surface area contributed by atoms with Crippen molar-refractivity contribution in [1.82, 2.24) is 5.32 Å². The summed E-state index contributed by atoms with van der Waals surface area (Å²) >= 11 is 0. The standard InChI is InChI=1S/C15H25NO2/c1-5-17-12(3)11-16-13(4)14-7-9-15(10-8-14)18-6-2/h7-10,12-13,16H,5-6,11H2,1-4H3. The van der Waals surface area contributed by atoms with Gasteiger partial charge in [0.15, 0.2) is 0 Å². The molecular formula is C15H25NO2. The van der Waals surface area contributed by atoms with E-state index < -0.39 is 0 Å². The molecular weight excluding hydrogens is 226 g/mol. The van der Waals surface area contributed by atoms with Crippen LogP contribution in [-0.4, -0.2) is 25.9 Å². The lowest BCUT2D eigenvalue weighted by atomic mass is 10.1. The maximum Gasteiger partial charge on any atom is 0.119 e. The van der Waals surface area contributed by atoms with Gasteiger partial charge >= 0.3 is 0 Å². The molecule has 1 rings (SSSR count). The maximum absolute atomic E-state index is 5.50. The summed E-state index contributed by atoms with van der Waals surface area (Å²) < 4.78 is 10.9. The fourth-order valence-electron chi connectivity index (χ4n) is 1.82. The van der Waals surface area contributed by atoms with Crippen LogP contribution in [0.3, 0.4) is 0 Å². The Bertz CT molecular complexity index is 324. The molecule has 0 aromatic heterocycles. The Morgan fingerprint density at radius 3 is 2.28 bits per heavy atom. The van der Waals surface area contributed by atoms with Crippen molar-refractivity contribution in [2.45, 2.75) is 39.8 Å². The van der Waals surface area contributed by atoms with E-state index in [-0.39, 0.29) is 6.10 Å². The van der Waals surface area contributed by atoms with Crippen molar-refractivity contribution >= 4 is 0 Å². The minimum absolute atomic E-state index is 0.250. The maximum atomic E-state index is 5.50. The van der Waals surface area contributed by atoms with Crippen LogP contribution in [0.5, 0.6) is 5.75 Å². The Morgan fingerprint density at radius 2 is 1.72 bits per heavy atom. The zero-order valence-corrected chi connectivity index (χ0v) is 11.9. The molecule has 0 aliphatic carbocycles. The first-order valence-corrected chi connectivity index (χ1v) is 6.75. The summed E-state index contributed by atoms with van der Waals surface area (Å²) in [4.78, 5) is 0. The lowest BCUT2D eigenvalue weighted by molar-refractivity contribution is 0.0743. The van der Waals surface area contributed by atoms with Crippen molar-refractivity contribution in [1.29, 1.82) is 0 Å². The van der Waals surface area contributed by atoms with Gasteiger partial charge in [-0.25, -0.2) is 0 Å². The smallest absolute Gasteiger partial charge is 0.119 e. The Labute approximate surface area is 110 Å². The van der Waals surface area contributed by atoms with Gasteiger partial charge in [-0.1, -0.05) is 12.1 Å². The second-order valence-corrected chi connectivity index (χ2v) is 4.40. The molecule has 0 spiro atoms. The molecule has 102 valence electrons. The fourth-order valence-corrected chi connectivity index (χ4v) is 1.82. The summed E-state index contributed by atoms with van der Waals surface area (Å²) in [6, 6.07) is 8.57. The van der Waals surface area contributed by atoms with E-state index >= 15 is 0 Å². The molecule has 2 unspecified atom stereocenters. The van der Waals surface area contributed by atoms with E-state index in [1.807, 2.05) is 26.0 Å². The SMILES string of the molecule is CCOc1ccc(C(C)NCC(C)OCC)cc1. The highest BCUT2D eigenvalue weighted by Gasteiger charge is 2.07. The van der Waals surface area contributed by atoms with Crippen LogP contribution >= 0.6 is 0 Å². The van der Waals surface area contributed by atoms with Crippen LogP contribution in [0.25, 0.3) is 0 Å². The van der Waals surface area contributed by atoms with E-state index in [1.54, 1.807) is 0 Å². The van der Waals surface area contributed by atoms with Crippen molar-refractivity contribution < 1.29 is 9.47 Å². The molecule has 1 aromatic carbocycles. The van der Waals surface area contributed by atoms with Crippen molar-refractivity contribution in [3.05, 3.63) is 29.8 Å². The lowest BCUT2D eigenvalue weighted by Crippen LogP contribution is -2.29. The highest BCUT2D eigenvalue weighted by Crippen LogP contribution is 2.17. The average molecular weight is 251 g/mol. The van der Waals surface area contributed by atoms with Gasteiger partial charge < -0.3 is 14.8 Å². The summed E-state index contributed by atoms with van der Waals surface area (Å²) in [6.07, 6.45) is 0.250. The molecule has 3 heteroatoms. The zero-order chi connectivity index (χ0) is 13.4. The molecule has 0 saturated heterocycles. The number of benzene rings is 1. The van der Waals surface area contributed by atoms with Gasteiger partial charge in [0.05, 0.1) is 12.7 Å². The monoisotopic (exact) mass is 251 g/mol. The van der Waals surface area contributed by atoms with Crippen LogP contribution in [-0.2, 0) is 4.74 Å². The molecule has 0 heterocycles. The predicted octanol–water partition coefficient (Wildman–Crippen LogP) is 3.16. The summed E-state index contributed by atoms with van der Waals surface area (Å²) in [5.74, 6) is 0.927. The van der Waals surface area contributed by atoms with Gasteiger partial charge in [-0.05, 0) is 45.4 Å². The number of hydrogen-bond donors (Lipinski definition) is 1. The van der Waals surface area contributed by atoms with Gasteiger partial charge in [0.1, 0.15) is 5.75 Å². The Morgan fingerprint density at radius 1 is 1.06 bits per heavy atom. The predicted molar refractivity (Wildman–Crippen MR) is 75.1 cm³/mol. The molecule has 1 aromatic rings. The zero-order valence-electron chi connectivity index (χ0n) is 11.9. The van der Waals surface area contributed by atoms with Gasteiger partial charge in [0.25, 0.3) is 0 Å². The molecule has 0 amide bonds. The molecule has 3 nitrogen and oxygen atoms in total. The fraction of sp³-hybridized carbons (Fsp3) is 0.600. The van der Waals surface area contributed by atoms with Crippen LogP contribution in [0.1, 0.15) is 39.3 Å². The normalized spacial score (nSPS) is 14.2. The van der Waals surface area contributed by atoms with Gasteiger partial charge in [-0.2, -0.15) is 0 Å². The molecule has 18 heavy (non-hydrogen) atoms. The van der Waals surface area contributed by atoms with E-state index in [2.05, 4.69) is 31.3 Å². The van der Waals surface area contributed by atoms with E-state index in [0.29, 0.717) is 12.6 Å². The second kappa shape index (κ2) is 8.11. The topological polar surface area (TPSA) is 30.5 Å². The Balaban J connectivity index is 2.43. The Kier molecular flexibility index (Phi) is 6.76. The van der Waals surface area contributed by atoms with Crippen LogP contribution in [0, 0.1) is 0 Å². The van der Waals surface area contributed by atoms with Gasteiger partial charge in [-0.15, -0.1) is 0 Å². The minimum atomic E-state index is 0.250. The number of ether oxygens (including phenoxy) is 2. The highest BCUT2D eigenvalue weighted by molar-refractivity contribution is 5.28. The highest BCUT2D eigenvalue weighted by atomic mass is 16.5. The summed E-state index contributed by atoms with van der Waals surface area (Å²) in [5, 5.41) is 3.47. The molecule has 0 bridgehead atoms. The molecule has 0 fully saturated rings. The van der Waals surface area contributed by atoms with E-state index in [1.165, 1.54) is 5.56 Å². The largest absolute Gasteiger partial charge is 0.494 e. The molecule has 1 N–H and O–H groups in total. The minimum Gasteiger partial charge on any atom is -0.494 e. The molecule has 0 aliphatic heterocycles. The molecule has 2 atom stereocenters.